The second-order valence-electron chi connectivity index (χ2n) is 5.79. The lowest BCUT2D eigenvalue weighted by Gasteiger charge is -2.22. The van der Waals surface area contributed by atoms with E-state index in [4.69, 9.17) is 4.74 Å². The van der Waals surface area contributed by atoms with Crippen LogP contribution in [0.25, 0.3) is 0 Å². The molecule has 112 valence electrons. The molecule has 1 aromatic carbocycles. The molecule has 1 aromatic rings. The molecular formula is C17H27NOS. The third kappa shape index (κ3) is 4.42. The highest BCUT2D eigenvalue weighted by Gasteiger charge is 2.20. The van der Waals surface area contributed by atoms with Gasteiger partial charge in [0.25, 0.3) is 0 Å². The molecule has 0 aromatic heterocycles. The third-order valence-electron chi connectivity index (χ3n) is 3.81. The van der Waals surface area contributed by atoms with Crippen LogP contribution in [0.1, 0.15) is 51.1 Å². The van der Waals surface area contributed by atoms with Gasteiger partial charge >= 0.3 is 0 Å². The van der Waals surface area contributed by atoms with E-state index in [-0.39, 0.29) is 6.10 Å². The molecule has 0 spiro atoms. The molecule has 1 unspecified atom stereocenters. The SMILES string of the molecule is CNC(CSC1CCCC1)c1ccccc1OC(C)C. The van der Waals surface area contributed by atoms with Crippen molar-refractivity contribution in [2.45, 2.75) is 56.9 Å². The second-order valence-corrected chi connectivity index (χ2v) is 7.12. The largest absolute Gasteiger partial charge is 0.491 e. The number of rotatable bonds is 7. The van der Waals surface area contributed by atoms with Crippen LogP contribution in [0.4, 0.5) is 0 Å². The zero-order valence-corrected chi connectivity index (χ0v) is 13.7. The standard InChI is InChI=1S/C17H27NOS/c1-13(2)19-17-11-7-6-10-15(17)16(18-3)12-20-14-8-4-5-9-14/h6-7,10-11,13-14,16,18H,4-5,8-9,12H2,1-3H3. The maximum atomic E-state index is 5.95. The first-order valence-electron chi connectivity index (χ1n) is 7.75. The Morgan fingerprint density at radius 1 is 1.25 bits per heavy atom. The molecule has 1 N–H and O–H groups in total. The van der Waals surface area contributed by atoms with E-state index in [1.807, 2.05) is 7.05 Å². The van der Waals surface area contributed by atoms with E-state index in [9.17, 15) is 0 Å². The van der Waals surface area contributed by atoms with Crippen LogP contribution in [0, 0.1) is 0 Å². The Hall–Kier alpha value is -0.670. The summed E-state index contributed by atoms with van der Waals surface area (Å²) in [5.41, 5.74) is 1.29. The van der Waals surface area contributed by atoms with Gasteiger partial charge in [-0.25, -0.2) is 0 Å². The van der Waals surface area contributed by atoms with Gasteiger partial charge in [0.1, 0.15) is 5.75 Å². The Bertz CT molecular complexity index is 402. The molecule has 20 heavy (non-hydrogen) atoms. The average molecular weight is 293 g/mol. The lowest BCUT2D eigenvalue weighted by atomic mass is 10.1. The lowest BCUT2D eigenvalue weighted by molar-refractivity contribution is 0.238. The van der Waals surface area contributed by atoms with Gasteiger partial charge in [0.15, 0.2) is 0 Å². The van der Waals surface area contributed by atoms with Crippen LogP contribution < -0.4 is 10.1 Å². The molecule has 1 saturated carbocycles. The quantitative estimate of drug-likeness (QED) is 0.804. The summed E-state index contributed by atoms with van der Waals surface area (Å²) in [7, 11) is 2.05. The third-order valence-corrected chi connectivity index (χ3v) is 5.27. The summed E-state index contributed by atoms with van der Waals surface area (Å²) in [6.07, 6.45) is 5.83. The predicted molar refractivity (Wildman–Crippen MR) is 88.7 cm³/mol. The minimum atomic E-state index is 0.219. The first kappa shape index (κ1) is 15.7. The van der Waals surface area contributed by atoms with E-state index in [2.05, 4.69) is 55.2 Å². The Morgan fingerprint density at radius 2 is 1.95 bits per heavy atom. The number of hydrogen-bond acceptors (Lipinski definition) is 3. The fraction of sp³-hybridized carbons (Fsp3) is 0.647. The van der Waals surface area contributed by atoms with Gasteiger partial charge in [0, 0.05) is 22.6 Å². The summed E-state index contributed by atoms with van der Waals surface area (Å²) in [4.78, 5) is 0. The summed E-state index contributed by atoms with van der Waals surface area (Å²) in [6.45, 7) is 4.16. The number of hydrogen-bond donors (Lipinski definition) is 1. The zero-order chi connectivity index (χ0) is 14.4. The van der Waals surface area contributed by atoms with Gasteiger partial charge in [0.05, 0.1) is 6.10 Å². The van der Waals surface area contributed by atoms with Crippen LogP contribution in [-0.2, 0) is 0 Å². The van der Waals surface area contributed by atoms with Crippen molar-refractivity contribution in [3.63, 3.8) is 0 Å². The molecule has 2 nitrogen and oxygen atoms in total. The number of ether oxygens (including phenoxy) is 1. The smallest absolute Gasteiger partial charge is 0.124 e. The molecule has 0 heterocycles. The van der Waals surface area contributed by atoms with Crippen molar-refractivity contribution in [1.82, 2.24) is 5.32 Å². The maximum Gasteiger partial charge on any atom is 0.124 e. The van der Waals surface area contributed by atoms with Gasteiger partial charge in [-0.15, -0.1) is 0 Å². The van der Waals surface area contributed by atoms with Crippen molar-refractivity contribution in [3.05, 3.63) is 29.8 Å². The number of benzene rings is 1. The van der Waals surface area contributed by atoms with Crippen molar-refractivity contribution < 1.29 is 4.74 Å². The highest BCUT2D eigenvalue weighted by atomic mass is 32.2. The summed E-state index contributed by atoms with van der Waals surface area (Å²) < 4.78 is 5.95. The fourth-order valence-corrected chi connectivity index (χ4v) is 4.22. The van der Waals surface area contributed by atoms with Crippen molar-refractivity contribution >= 4 is 11.8 Å². The lowest BCUT2D eigenvalue weighted by Crippen LogP contribution is -2.21. The molecule has 1 fully saturated rings. The summed E-state index contributed by atoms with van der Waals surface area (Å²) in [5.74, 6) is 2.15. The minimum Gasteiger partial charge on any atom is -0.491 e. The molecule has 2 rings (SSSR count). The fourth-order valence-electron chi connectivity index (χ4n) is 2.75. The summed E-state index contributed by atoms with van der Waals surface area (Å²) in [5, 5.41) is 4.32. The Morgan fingerprint density at radius 3 is 2.60 bits per heavy atom. The van der Waals surface area contributed by atoms with Crippen molar-refractivity contribution in [3.8, 4) is 5.75 Å². The highest BCUT2D eigenvalue weighted by molar-refractivity contribution is 7.99. The maximum absolute atomic E-state index is 5.95. The monoisotopic (exact) mass is 293 g/mol. The van der Waals surface area contributed by atoms with Crippen molar-refractivity contribution in [2.75, 3.05) is 12.8 Å². The van der Waals surface area contributed by atoms with E-state index in [1.165, 1.54) is 31.2 Å². The molecule has 1 atom stereocenters. The molecule has 0 saturated heterocycles. The van der Waals surface area contributed by atoms with Gasteiger partial charge in [-0.3, -0.25) is 0 Å². The van der Waals surface area contributed by atoms with Gasteiger partial charge in [-0.1, -0.05) is 31.0 Å². The highest BCUT2D eigenvalue weighted by Crippen LogP contribution is 2.34. The molecule has 1 aliphatic carbocycles. The van der Waals surface area contributed by atoms with Crippen molar-refractivity contribution in [2.24, 2.45) is 0 Å². The van der Waals surface area contributed by atoms with Gasteiger partial charge < -0.3 is 10.1 Å². The average Bonchev–Trinajstić information content (AvgIpc) is 2.94. The zero-order valence-electron chi connectivity index (χ0n) is 12.9. The van der Waals surface area contributed by atoms with Crippen LogP contribution in [0.15, 0.2) is 24.3 Å². The first-order chi connectivity index (χ1) is 9.70. The predicted octanol–water partition coefficient (Wildman–Crippen LogP) is 4.41. The van der Waals surface area contributed by atoms with E-state index in [1.54, 1.807) is 0 Å². The molecule has 0 amide bonds. The topological polar surface area (TPSA) is 21.3 Å². The van der Waals surface area contributed by atoms with Crippen LogP contribution in [0.3, 0.4) is 0 Å². The molecule has 1 aliphatic rings. The van der Waals surface area contributed by atoms with Gasteiger partial charge in [-0.2, -0.15) is 11.8 Å². The van der Waals surface area contributed by atoms with E-state index in [0.29, 0.717) is 6.04 Å². The second kappa shape index (κ2) is 7.94. The normalized spacial score (nSPS) is 17.6. The summed E-state index contributed by atoms with van der Waals surface area (Å²) >= 11 is 2.12. The molecule has 0 aliphatic heterocycles. The minimum absolute atomic E-state index is 0.219. The molecule has 0 radical (unpaired) electrons. The number of nitrogens with one attached hydrogen (secondary N) is 1. The van der Waals surface area contributed by atoms with E-state index in [0.717, 1.165) is 16.8 Å². The Balaban J connectivity index is 2.01. The van der Waals surface area contributed by atoms with E-state index >= 15 is 0 Å². The summed E-state index contributed by atoms with van der Waals surface area (Å²) in [6, 6.07) is 8.80. The first-order valence-corrected chi connectivity index (χ1v) is 8.80. The van der Waals surface area contributed by atoms with Crippen LogP contribution >= 0.6 is 11.8 Å². The van der Waals surface area contributed by atoms with Gasteiger partial charge in [-0.05, 0) is 39.8 Å². The number of para-hydroxylation sites is 1. The van der Waals surface area contributed by atoms with Crippen LogP contribution in [0.2, 0.25) is 0 Å². The molecular weight excluding hydrogens is 266 g/mol. The van der Waals surface area contributed by atoms with Gasteiger partial charge in [0.2, 0.25) is 0 Å². The Kier molecular flexibility index (Phi) is 6.24. The Labute approximate surface area is 127 Å². The van der Waals surface area contributed by atoms with Crippen LogP contribution in [-0.4, -0.2) is 24.2 Å². The number of thioether (sulfide) groups is 1. The van der Waals surface area contributed by atoms with Crippen LogP contribution in [0.5, 0.6) is 5.75 Å². The van der Waals surface area contributed by atoms with E-state index < -0.39 is 0 Å². The van der Waals surface area contributed by atoms with Crippen molar-refractivity contribution in [1.29, 1.82) is 0 Å². The molecule has 3 heteroatoms. The molecule has 0 bridgehead atoms.